The fourth-order valence-corrected chi connectivity index (χ4v) is 2.88. The van der Waals surface area contributed by atoms with Gasteiger partial charge in [-0.05, 0) is 11.4 Å². The van der Waals surface area contributed by atoms with E-state index in [2.05, 4.69) is 34.3 Å². The van der Waals surface area contributed by atoms with Gasteiger partial charge in [0.1, 0.15) is 0 Å². The molecule has 17 heavy (non-hydrogen) atoms. The van der Waals surface area contributed by atoms with Gasteiger partial charge in [0.25, 0.3) is 0 Å². The number of methoxy groups -OCH3 is 1. The minimum Gasteiger partial charge on any atom is -0.384 e. The van der Waals surface area contributed by atoms with Crippen molar-refractivity contribution in [3.05, 3.63) is 22.4 Å². The highest BCUT2D eigenvalue weighted by atomic mass is 32.1. The van der Waals surface area contributed by atoms with Crippen LogP contribution < -0.4 is 5.73 Å². The van der Waals surface area contributed by atoms with E-state index in [1.807, 2.05) is 0 Å². The largest absolute Gasteiger partial charge is 0.384 e. The molecule has 0 aliphatic carbocycles. The number of thiophene rings is 1. The second-order valence-electron chi connectivity index (χ2n) is 4.41. The summed E-state index contributed by atoms with van der Waals surface area (Å²) in [5, 5.41) is 2.09. The molecule has 1 aliphatic heterocycles. The van der Waals surface area contributed by atoms with Gasteiger partial charge in [0.15, 0.2) is 5.96 Å². The molecule has 2 atom stereocenters. The van der Waals surface area contributed by atoms with Crippen LogP contribution in [0.5, 0.6) is 0 Å². The molecule has 0 radical (unpaired) electrons. The third-order valence-corrected chi connectivity index (χ3v) is 3.99. The predicted octanol–water partition coefficient (Wildman–Crippen LogP) is 1.53. The normalized spacial score (nSPS) is 21.6. The number of nitrogens with zero attached hydrogens (tertiary/aromatic N) is 2. The molecule has 2 N–H and O–H groups in total. The van der Waals surface area contributed by atoms with E-state index in [4.69, 9.17) is 10.5 Å². The van der Waals surface area contributed by atoms with Gasteiger partial charge >= 0.3 is 0 Å². The maximum absolute atomic E-state index is 5.96. The Balaban J connectivity index is 2.03. The van der Waals surface area contributed by atoms with Crippen LogP contribution in [0.2, 0.25) is 0 Å². The maximum atomic E-state index is 5.96. The van der Waals surface area contributed by atoms with Crippen LogP contribution in [0.3, 0.4) is 0 Å². The first kappa shape index (κ1) is 12.4. The van der Waals surface area contributed by atoms with Crippen LogP contribution in [0, 0.1) is 5.92 Å². The molecule has 5 heteroatoms. The van der Waals surface area contributed by atoms with Gasteiger partial charge in [-0.1, -0.05) is 13.0 Å². The van der Waals surface area contributed by atoms with Crippen LogP contribution in [0.1, 0.15) is 11.8 Å². The molecule has 0 bridgehead atoms. The molecule has 1 aromatic rings. The molecule has 2 rings (SSSR count). The number of aliphatic imine (C=N–C) groups is 1. The first-order chi connectivity index (χ1) is 8.22. The van der Waals surface area contributed by atoms with Crippen molar-refractivity contribution >= 4 is 17.3 Å². The highest BCUT2D eigenvalue weighted by Crippen LogP contribution is 2.21. The third-order valence-electron chi connectivity index (χ3n) is 3.13. The van der Waals surface area contributed by atoms with E-state index in [0.717, 1.165) is 19.7 Å². The van der Waals surface area contributed by atoms with Crippen LogP contribution in [0.25, 0.3) is 0 Å². The van der Waals surface area contributed by atoms with Gasteiger partial charge in [0, 0.05) is 17.9 Å². The lowest BCUT2D eigenvalue weighted by atomic mass is 10.0. The van der Waals surface area contributed by atoms with Gasteiger partial charge in [0.2, 0.25) is 0 Å². The molecule has 0 spiro atoms. The summed E-state index contributed by atoms with van der Waals surface area (Å²) in [6.45, 7) is 4.56. The molecule has 0 saturated heterocycles. The second kappa shape index (κ2) is 5.51. The lowest BCUT2D eigenvalue weighted by molar-refractivity contribution is 0.119. The quantitative estimate of drug-likeness (QED) is 0.866. The van der Waals surface area contributed by atoms with E-state index in [9.17, 15) is 0 Å². The molecule has 0 amide bonds. The summed E-state index contributed by atoms with van der Waals surface area (Å²) in [4.78, 5) is 7.86. The van der Waals surface area contributed by atoms with Crippen LogP contribution in [0.15, 0.2) is 22.5 Å². The zero-order valence-corrected chi connectivity index (χ0v) is 11.1. The zero-order chi connectivity index (χ0) is 12.3. The number of hydrogen-bond acceptors (Lipinski definition) is 5. The highest BCUT2D eigenvalue weighted by molar-refractivity contribution is 7.09. The Kier molecular flexibility index (Phi) is 4.02. The predicted molar refractivity (Wildman–Crippen MR) is 71.2 cm³/mol. The monoisotopic (exact) mass is 253 g/mol. The topological polar surface area (TPSA) is 50.9 Å². The van der Waals surface area contributed by atoms with E-state index in [-0.39, 0.29) is 0 Å². The number of rotatable bonds is 5. The Bertz CT molecular complexity index is 377. The van der Waals surface area contributed by atoms with Gasteiger partial charge in [-0.3, -0.25) is 4.99 Å². The molecule has 0 aromatic carbocycles. The summed E-state index contributed by atoms with van der Waals surface area (Å²) < 4.78 is 5.22. The molecule has 94 valence electrons. The first-order valence-electron chi connectivity index (χ1n) is 5.80. The number of nitrogens with two attached hydrogens (primary N) is 1. The molecule has 1 aliphatic rings. The SMILES string of the molecule is COCC(C)C1CN=C(N)N1Cc1cccs1. The van der Waals surface area contributed by atoms with Gasteiger partial charge in [-0.15, -0.1) is 11.3 Å². The molecular weight excluding hydrogens is 234 g/mol. The van der Waals surface area contributed by atoms with Crippen molar-refractivity contribution in [3.63, 3.8) is 0 Å². The Morgan fingerprint density at radius 1 is 1.71 bits per heavy atom. The third kappa shape index (κ3) is 2.79. The summed E-state index contributed by atoms with van der Waals surface area (Å²) in [6, 6.07) is 4.56. The van der Waals surface area contributed by atoms with Crippen molar-refractivity contribution in [3.8, 4) is 0 Å². The Morgan fingerprint density at radius 3 is 3.18 bits per heavy atom. The molecule has 4 nitrogen and oxygen atoms in total. The van der Waals surface area contributed by atoms with Gasteiger partial charge in [-0.25, -0.2) is 0 Å². The van der Waals surface area contributed by atoms with Gasteiger partial charge in [0.05, 0.1) is 25.7 Å². The summed E-state index contributed by atoms with van der Waals surface area (Å²) >= 11 is 1.76. The van der Waals surface area contributed by atoms with E-state index in [0.29, 0.717) is 17.9 Å². The fraction of sp³-hybridized carbons (Fsp3) is 0.583. The van der Waals surface area contributed by atoms with E-state index in [1.165, 1.54) is 4.88 Å². The molecule has 0 saturated carbocycles. The maximum Gasteiger partial charge on any atom is 0.191 e. The Hall–Kier alpha value is -1.07. The lowest BCUT2D eigenvalue weighted by Crippen LogP contribution is -2.44. The van der Waals surface area contributed by atoms with Crippen molar-refractivity contribution in [2.24, 2.45) is 16.6 Å². The summed E-state index contributed by atoms with van der Waals surface area (Å²) in [6.07, 6.45) is 0. The van der Waals surface area contributed by atoms with Crippen LogP contribution in [-0.2, 0) is 11.3 Å². The molecule has 1 aromatic heterocycles. The molecule has 2 heterocycles. The van der Waals surface area contributed by atoms with Crippen molar-refractivity contribution in [2.45, 2.75) is 19.5 Å². The zero-order valence-electron chi connectivity index (χ0n) is 10.3. The minimum absolute atomic E-state index is 0.358. The minimum atomic E-state index is 0.358. The standard InChI is InChI=1S/C12H19N3OS/c1-9(8-16-2)11-6-14-12(13)15(11)7-10-4-3-5-17-10/h3-5,9,11H,6-8H2,1-2H3,(H2,13,14). The van der Waals surface area contributed by atoms with E-state index in [1.54, 1.807) is 18.4 Å². The fourth-order valence-electron chi connectivity index (χ4n) is 2.18. The van der Waals surface area contributed by atoms with Crippen molar-refractivity contribution in [2.75, 3.05) is 20.3 Å². The van der Waals surface area contributed by atoms with Gasteiger partial charge < -0.3 is 15.4 Å². The molecule has 0 fully saturated rings. The number of guanidine groups is 1. The van der Waals surface area contributed by atoms with Crippen molar-refractivity contribution < 1.29 is 4.74 Å². The summed E-state index contributed by atoms with van der Waals surface area (Å²) in [5.74, 6) is 1.09. The molecule has 2 unspecified atom stereocenters. The first-order valence-corrected chi connectivity index (χ1v) is 6.68. The average Bonchev–Trinajstić information content (AvgIpc) is 2.91. The van der Waals surface area contributed by atoms with E-state index < -0.39 is 0 Å². The lowest BCUT2D eigenvalue weighted by Gasteiger charge is -2.30. The van der Waals surface area contributed by atoms with Crippen LogP contribution in [-0.4, -0.2) is 37.2 Å². The van der Waals surface area contributed by atoms with Crippen LogP contribution in [0.4, 0.5) is 0 Å². The highest BCUT2D eigenvalue weighted by Gasteiger charge is 2.30. The number of ether oxygens (including phenoxy) is 1. The number of hydrogen-bond donors (Lipinski definition) is 1. The van der Waals surface area contributed by atoms with E-state index >= 15 is 0 Å². The average molecular weight is 253 g/mol. The molecular formula is C12H19N3OS. The summed E-state index contributed by atoms with van der Waals surface area (Å²) in [5.41, 5.74) is 5.96. The second-order valence-corrected chi connectivity index (χ2v) is 5.44. The van der Waals surface area contributed by atoms with Crippen molar-refractivity contribution in [1.82, 2.24) is 4.90 Å². The summed E-state index contributed by atoms with van der Waals surface area (Å²) in [7, 11) is 1.74. The smallest absolute Gasteiger partial charge is 0.191 e. The van der Waals surface area contributed by atoms with Crippen LogP contribution >= 0.6 is 11.3 Å². The Morgan fingerprint density at radius 2 is 2.53 bits per heavy atom. The Labute approximate surface area is 106 Å². The van der Waals surface area contributed by atoms with Crippen molar-refractivity contribution in [1.29, 1.82) is 0 Å². The van der Waals surface area contributed by atoms with Gasteiger partial charge in [-0.2, -0.15) is 0 Å².